The fourth-order valence-corrected chi connectivity index (χ4v) is 0. The van der Waals surface area contributed by atoms with Crippen LogP contribution in [0.2, 0.25) is 19.6 Å². The average Bonchev–Trinajstić information content (AvgIpc) is 1.80. The van der Waals surface area contributed by atoms with E-state index in [2.05, 4.69) is 19.6 Å². The third kappa shape index (κ3) is 9.43. The van der Waals surface area contributed by atoms with Gasteiger partial charge in [0, 0.05) is 0 Å². The zero-order valence-corrected chi connectivity index (χ0v) is 11.5. The lowest BCUT2D eigenvalue weighted by atomic mass is 11.6. The molecule has 0 aliphatic rings. The zero-order chi connectivity index (χ0) is 13.1. The second-order valence-electron chi connectivity index (χ2n) is 3.59. The molecule has 0 heterocycles. The van der Waals surface area contributed by atoms with Gasteiger partial charge in [-0.05, 0) is 0 Å². The molecule has 0 saturated heterocycles. The molecule has 0 aromatic rings. The number of hydrogen-bond acceptors (Lipinski definition) is 2. The minimum absolute atomic E-state index is 0.118. The Morgan fingerprint density at radius 2 is 1.33 bits per heavy atom. The molecule has 0 aliphatic heterocycles. The van der Waals surface area contributed by atoms with Gasteiger partial charge in [0.15, 0.2) is 0 Å². The quantitative estimate of drug-likeness (QED) is 0.350. The molecule has 10 heteroatoms. The Labute approximate surface area is 97.3 Å². The highest BCUT2D eigenvalue weighted by Gasteiger charge is 2.44. The summed E-state index contributed by atoms with van der Waals surface area (Å²) in [4.78, 5) is 0. The van der Waals surface area contributed by atoms with E-state index in [1.807, 2.05) is 0 Å². The van der Waals surface area contributed by atoms with E-state index in [0.29, 0.717) is 0 Å². The number of alkyl halides is 5. The predicted octanol–water partition coefficient (Wildman–Crippen LogP) is 3.06. The molecule has 0 fully saturated rings. The Morgan fingerprint density at radius 1 is 1.20 bits per heavy atom. The van der Waals surface area contributed by atoms with Gasteiger partial charge in [-0.3, -0.25) is 4.55 Å². The lowest BCUT2D eigenvalue weighted by Crippen LogP contribution is -2.29. The van der Waals surface area contributed by atoms with Gasteiger partial charge in [0.05, 0.1) is 12.5 Å². The summed E-state index contributed by atoms with van der Waals surface area (Å²) < 4.78 is 57.4. The van der Waals surface area contributed by atoms with E-state index in [-0.39, 0.29) is 4.46 Å². The first-order valence-corrected chi connectivity index (χ1v) is 9.40. The van der Waals surface area contributed by atoms with Crippen molar-refractivity contribution in [2.75, 3.05) is 0 Å². The molecule has 0 radical (unpaired) electrons. The lowest BCUT2D eigenvalue weighted by Gasteiger charge is -2.15. The Hall–Kier alpha value is 0.497. The van der Waals surface area contributed by atoms with Crippen molar-refractivity contribution in [1.29, 1.82) is 0 Å². The van der Waals surface area contributed by atoms with Gasteiger partial charge in [0.25, 0.3) is 0 Å². The fraction of sp³-hybridized carbons (Fsp3) is 1.00. The van der Waals surface area contributed by atoms with Gasteiger partial charge in [-0.25, -0.2) is 0 Å². The van der Waals surface area contributed by atoms with Crippen molar-refractivity contribution in [2.24, 2.45) is 0 Å². The van der Waals surface area contributed by atoms with Crippen LogP contribution in [0.25, 0.3) is 0 Å². The predicted molar refractivity (Wildman–Crippen MR) is 56.4 cm³/mol. The maximum absolute atomic E-state index is 10.7. The van der Waals surface area contributed by atoms with Gasteiger partial charge in [0.2, 0.25) is 0 Å². The summed E-state index contributed by atoms with van der Waals surface area (Å²) in [7, 11) is -7.04. The summed E-state index contributed by atoms with van der Waals surface area (Å²) >= 11 is 11.2. The maximum atomic E-state index is 10.7. The van der Waals surface area contributed by atoms with Crippen LogP contribution in [0.5, 0.6) is 0 Å². The highest BCUT2D eigenvalue weighted by molar-refractivity contribution is 7.86. The third-order valence-electron chi connectivity index (χ3n) is 0.947. The van der Waals surface area contributed by atoms with E-state index >= 15 is 0 Å². The van der Waals surface area contributed by atoms with Crippen molar-refractivity contribution in [3.8, 4) is 0 Å². The molecule has 3 nitrogen and oxygen atoms in total. The van der Waals surface area contributed by atoms with Crippen LogP contribution in [0.4, 0.5) is 13.2 Å². The van der Waals surface area contributed by atoms with E-state index in [1.165, 1.54) is 0 Å². The average molecular weight is 307 g/mol. The molecular formula is C5H11Cl2F3O3SSi. The van der Waals surface area contributed by atoms with Crippen LogP contribution in [0.3, 0.4) is 0 Å². The third-order valence-corrected chi connectivity index (χ3v) is 6.77. The standard InChI is InChI=1S/C4H10Cl2Si.CHF3O3S/c1-7(2,3)4(5)6;2-1(3,4)8(5,6)7/h4H,1-3H3;(H,5,6,7). The van der Waals surface area contributed by atoms with Crippen LogP contribution >= 0.6 is 23.2 Å². The number of hydrogen-bond donors (Lipinski definition) is 1. The first-order valence-electron chi connectivity index (χ1n) is 3.51. The summed E-state index contributed by atoms with van der Waals surface area (Å²) in [5.41, 5.74) is -5.53. The van der Waals surface area contributed by atoms with Crippen molar-refractivity contribution >= 4 is 41.4 Å². The molecule has 0 saturated carbocycles. The van der Waals surface area contributed by atoms with Gasteiger partial charge < -0.3 is 0 Å². The van der Waals surface area contributed by atoms with Gasteiger partial charge >= 0.3 is 15.6 Å². The topological polar surface area (TPSA) is 54.4 Å². The van der Waals surface area contributed by atoms with Crippen LogP contribution in [0.1, 0.15) is 0 Å². The van der Waals surface area contributed by atoms with Crippen molar-refractivity contribution in [1.82, 2.24) is 0 Å². The molecule has 0 unspecified atom stereocenters. The van der Waals surface area contributed by atoms with E-state index in [9.17, 15) is 13.2 Å². The van der Waals surface area contributed by atoms with Crippen molar-refractivity contribution < 1.29 is 26.1 Å². The summed E-state index contributed by atoms with van der Waals surface area (Å²) in [5, 5.41) is 0. The monoisotopic (exact) mass is 306 g/mol. The highest BCUT2D eigenvalue weighted by atomic mass is 35.5. The first kappa shape index (κ1) is 17.9. The molecule has 0 aliphatic carbocycles. The second kappa shape index (κ2) is 5.71. The molecule has 0 aromatic carbocycles. The fourth-order valence-electron chi connectivity index (χ4n) is 0. The highest BCUT2D eigenvalue weighted by Crippen LogP contribution is 2.20. The summed E-state index contributed by atoms with van der Waals surface area (Å²) in [6, 6.07) is 0. The van der Waals surface area contributed by atoms with Crippen molar-refractivity contribution in [3.05, 3.63) is 0 Å². The lowest BCUT2D eigenvalue weighted by molar-refractivity contribution is -0.0510. The Balaban J connectivity index is 0. The van der Waals surface area contributed by atoms with E-state index in [0.717, 1.165) is 0 Å². The minimum Gasteiger partial charge on any atom is -0.279 e. The van der Waals surface area contributed by atoms with Crippen LogP contribution < -0.4 is 0 Å². The van der Waals surface area contributed by atoms with Crippen LogP contribution in [0.15, 0.2) is 0 Å². The van der Waals surface area contributed by atoms with E-state index < -0.39 is 23.7 Å². The van der Waals surface area contributed by atoms with Gasteiger partial charge in [-0.15, -0.1) is 23.2 Å². The van der Waals surface area contributed by atoms with Crippen molar-refractivity contribution in [2.45, 2.75) is 29.6 Å². The van der Waals surface area contributed by atoms with Crippen LogP contribution in [-0.2, 0) is 10.1 Å². The first-order chi connectivity index (χ1) is 6.19. The van der Waals surface area contributed by atoms with Crippen molar-refractivity contribution in [3.63, 3.8) is 0 Å². The summed E-state index contributed by atoms with van der Waals surface area (Å²) in [6.07, 6.45) is 0. The van der Waals surface area contributed by atoms with Gasteiger partial charge in [0.1, 0.15) is 0 Å². The number of halogens is 5. The second-order valence-corrected chi connectivity index (χ2v) is 12.1. The molecule has 1 N–H and O–H groups in total. The Morgan fingerprint density at radius 3 is 1.33 bits per heavy atom. The largest absolute Gasteiger partial charge is 0.522 e. The summed E-state index contributed by atoms with van der Waals surface area (Å²) in [5.74, 6) is 0. The molecule has 0 aromatic heterocycles. The SMILES string of the molecule is C[Si](C)(C)C(Cl)Cl.O=S(=O)(O)C(F)(F)F. The molecule has 0 bridgehead atoms. The molecule has 0 spiro atoms. The van der Waals surface area contributed by atoms with Crippen LogP contribution in [0, 0.1) is 0 Å². The molecule has 0 amide bonds. The molecular weight excluding hydrogens is 296 g/mol. The normalized spacial score (nSPS) is 13.5. The number of rotatable bonds is 1. The summed E-state index contributed by atoms with van der Waals surface area (Å²) in [6.45, 7) is 6.41. The zero-order valence-electron chi connectivity index (χ0n) is 8.14. The molecule has 0 atom stereocenters. The van der Waals surface area contributed by atoms with Crippen LogP contribution in [-0.4, -0.2) is 31.0 Å². The van der Waals surface area contributed by atoms with Gasteiger partial charge in [-0.1, -0.05) is 19.6 Å². The Bertz CT molecular complexity index is 283. The minimum atomic E-state index is -5.84. The van der Waals surface area contributed by atoms with E-state index in [1.54, 1.807) is 0 Å². The molecule has 15 heavy (non-hydrogen) atoms. The Kier molecular flexibility index (Phi) is 6.81. The van der Waals surface area contributed by atoms with Gasteiger partial charge in [-0.2, -0.15) is 21.6 Å². The smallest absolute Gasteiger partial charge is 0.279 e. The van der Waals surface area contributed by atoms with E-state index in [4.69, 9.17) is 36.2 Å². The molecule has 94 valence electrons. The molecule has 0 rings (SSSR count). The maximum Gasteiger partial charge on any atom is 0.522 e.